The van der Waals surface area contributed by atoms with E-state index in [1.807, 2.05) is 35.4 Å². The number of carbonyl (C=O) groups is 1. The second kappa shape index (κ2) is 7.01. The average molecular weight is 339 g/mol. The Labute approximate surface area is 146 Å². The second-order valence-electron chi connectivity index (χ2n) is 6.45. The molecule has 0 aliphatic carbocycles. The Morgan fingerprint density at radius 1 is 1.16 bits per heavy atom. The van der Waals surface area contributed by atoms with Gasteiger partial charge in [-0.05, 0) is 49.4 Å². The first-order chi connectivity index (χ1) is 12.3. The monoisotopic (exact) mass is 339 g/mol. The van der Waals surface area contributed by atoms with Gasteiger partial charge in [-0.3, -0.25) is 4.98 Å². The van der Waals surface area contributed by atoms with E-state index in [-0.39, 0.29) is 12.8 Å². The SMILES string of the molecule is O=C(Nc1ccc2c(c1)OCO2)N1CCC(Cc2ccccn2)CC1. The lowest BCUT2D eigenvalue weighted by Crippen LogP contribution is -2.41. The average Bonchev–Trinajstić information content (AvgIpc) is 3.11. The lowest BCUT2D eigenvalue weighted by molar-refractivity contribution is 0.174. The molecule has 1 saturated heterocycles. The zero-order chi connectivity index (χ0) is 17.1. The highest BCUT2D eigenvalue weighted by atomic mass is 16.7. The lowest BCUT2D eigenvalue weighted by atomic mass is 9.92. The molecule has 1 fully saturated rings. The molecule has 0 saturated carbocycles. The summed E-state index contributed by atoms with van der Waals surface area (Å²) in [6, 6.07) is 11.4. The van der Waals surface area contributed by atoms with Crippen molar-refractivity contribution in [3.63, 3.8) is 0 Å². The molecule has 3 heterocycles. The van der Waals surface area contributed by atoms with E-state index >= 15 is 0 Å². The van der Waals surface area contributed by atoms with Crippen LogP contribution in [0.3, 0.4) is 0 Å². The van der Waals surface area contributed by atoms with Gasteiger partial charge >= 0.3 is 6.03 Å². The number of hydrogen-bond donors (Lipinski definition) is 1. The lowest BCUT2D eigenvalue weighted by Gasteiger charge is -2.32. The van der Waals surface area contributed by atoms with E-state index in [4.69, 9.17) is 9.47 Å². The van der Waals surface area contributed by atoms with Gasteiger partial charge in [0.25, 0.3) is 0 Å². The van der Waals surface area contributed by atoms with Crippen molar-refractivity contribution in [2.45, 2.75) is 19.3 Å². The van der Waals surface area contributed by atoms with E-state index in [9.17, 15) is 4.79 Å². The molecule has 2 aromatic rings. The third kappa shape index (κ3) is 3.68. The van der Waals surface area contributed by atoms with Gasteiger partial charge in [0.05, 0.1) is 0 Å². The molecule has 6 nitrogen and oxygen atoms in total. The van der Waals surface area contributed by atoms with Crippen molar-refractivity contribution in [2.75, 3.05) is 25.2 Å². The third-order valence-corrected chi connectivity index (χ3v) is 4.75. The molecule has 2 aliphatic rings. The molecule has 6 heteroatoms. The standard InChI is InChI=1S/C19H21N3O3/c23-19(21-16-4-5-17-18(12-16)25-13-24-17)22-9-6-14(7-10-22)11-15-3-1-2-8-20-15/h1-5,8,12,14H,6-7,9-11,13H2,(H,21,23). The fourth-order valence-electron chi connectivity index (χ4n) is 3.33. The van der Waals surface area contributed by atoms with Gasteiger partial charge < -0.3 is 19.7 Å². The number of carbonyl (C=O) groups excluding carboxylic acids is 1. The van der Waals surface area contributed by atoms with Crippen molar-refractivity contribution >= 4 is 11.7 Å². The van der Waals surface area contributed by atoms with Crippen LogP contribution in [-0.4, -0.2) is 35.8 Å². The summed E-state index contributed by atoms with van der Waals surface area (Å²) in [5.74, 6) is 1.98. The van der Waals surface area contributed by atoms with Crippen LogP contribution in [0.4, 0.5) is 10.5 Å². The van der Waals surface area contributed by atoms with Crippen molar-refractivity contribution in [3.05, 3.63) is 48.3 Å². The number of hydrogen-bond acceptors (Lipinski definition) is 4. The van der Waals surface area contributed by atoms with Crippen molar-refractivity contribution in [3.8, 4) is 11.5 Å². The number of pyridine rings is 1. The van der Waals surface area contributed by atoms with Gasteiger partial charge in [-0.2, -0.15) is 0 Å². The fraction of sp³-hybridized carbons (Fsp3) is 0.368. The van der Waals surface area contributed by atoms with E-state index < -0.39 is 0 Å². The Kier molecular flexibility index (Phi) is 4.41. The van der Waals surface area contributed by atoms with Crippen molar-refractivity contribution in [1.29, 1.82) is 0 Å². The van der Waals surface area contributed by atoms with Gasteiger partial charge in [-0.15, -0.1) is 0 Å². The first kappa shape index (κ1) is 15.7. The molecule has 0 unspecified atom stereocenters. The van der Waals surface area contributed by atoms with Crippen LogP contribution in [0.5, 0.6) is 11.5 Å². The van der Waals surface area contributed by atoms with Crippen LogP contribution in [0.15, 0.2) is 42.6 Å². The van der Waals surface area contributed by atoms with Crippen LogP contribution in [0.25, 0.3) is 0 Å². The molecule has 1 N–H and O–H groups in total. The Morgan fingerprint density at radius 3 is 2.80 bits per heavy atom. The molecule has 1 aromatic carbocycles. The normalized spacial score (nSPS) is 16.7. The molecule has 0 atom stereocenters. The number of rotatable bonds is 3. The van der Waals surface area contributed by atoms with Crippen molar-refractivity contribution < 1.29 is 14.3 Å². The maximum Gasteiger partial charge on any atom is 0.321 e. The summed E-state index contributed by atoms with van der Waals surface area (Å²) >= 11 is 0. The molecule has 2 aliphatic heterocycles. The number of benzene rings is 1. The van der Waals surface area contributed by atoms with Crippen LogP contribution in [0.1, 0.15) is 18.5 Å². The number of ether oxygens (including phenoxy) is 2. The summed E-state index contributed by atoms with van der Waals surface area (Å²) in [4.78, 5) is 18.7. The second-order valence-corrected chi connectivity index (χ2v) is 6.45. The zero-order valence-electron chi connectivity index (χ0n) is 14.0. The van der Waals surface area contributed by atoms with E-state index in [0.717, 1.165) is 43.7 Å². The molecule has 2 amide bonds. The van der Waals surface area contributed by atoms with Crippen LogP contribution in [0.2, 0.25) is 0 Å². The number of amides is 2. The molecule has 0 bridgehead atoms. The quantitative estimate of drug-likeness (QED) is 0.932. The number of likely N-dealkylation sites (tertiary alicyclic amines) is 1. The highest BCUT2D eigenvalue weighted by Gasteiger charge is 2.23. The molecule has 4 rings (SSSR count). The minimum absolute atomic E-state index is 0.0600. The summed E-state index contributed by atoms with van der Waals surface area (Å²) < 4.78 is 10.6. The summed E-state index contributed by atoms with van der Waals surface area (Å²) in [7, 11) is 0. The smallest absolute Gasteiger partial charge is 0.321 e. The van der Waals surface area contributed by atoms with Crippen LogP contribution in [-0.2, 0) is 6.42 Å². The van der Waals surface area contributed by atoms with Crippen LogP contribution in [0, 0.1) is 5.92 Å². The number of nitrogens with one attached hydrogen (secondary N) is 1. The maximum atomic E-state index is 12.5. The summed E-state index contributed by atoms with van der Waals surface area (Å²) in [6.07, 6.45) is 4.83. The van der Waals surface area contributed by atoms with Gasteiger partial charge in [-0.25, -0.2) is 4.79 Å². The third-order valence-electron chi connectivity index (χ3n) is 4.75. The largest absolute Gasteiger partial charge is 0.454 e. The number of anilines is 1. The highest BCUT2D eigenvalue weighted by Crippen LogP contribution is 2.34. The topological polar surface area (TPSA) is 63.7 Å². The number of urea groups is 1. The zero-order valence-corrected chi connectivity index (χ0v) is 14.0. The number of aromatic nitrogens is 1. The van der Waals surface area contributed by atoms with E-state index in [1.165, 1.54) is 0 Å². The van der Waals surface area contributed by atoms with E-state index in [2.05, 4.69) is 16.4 Å². The number of fused-ring (bicyclic) bond motifs is 1. The summed E-state index contributed by atoms with van der Waals surface area (Å²) in [6.45, 7) is 1.78. The van der Waals surface area contributed by atoms with E-state index in [1.54, 1.807) is 6.07 Å². The molecule has 0 spiro atoms. The predicted molar refractivity (Wildman–Crippen MR) is 93.8 cm³/mol. The van der Waals surface area contributed by atoms with E-state index in [0.29, 0.717) is 17.4 Å². The summed E-state index contributed by atoms with van der Waals surface area (Å²) in [5, 5.41) is 2.94. The molecule has 25 heavy (non-hydrogen) atoms. The minimum Gasteiger partial charge on any atom is -0.454 e. The molecule has 130 valence electrons. The highest BCUT2D eigenvalue weighted by molar-refractivity contribution is 5.89. The Morgan fingerprint density at radius 2 is 2.00 bits per heavy atom. The Balaban J connectivity index is 1.29. The Hall–Kier alpha value is -2.76. The molecule has 1 aromatic heterocycles. The van der Waals surface area contributed by atoms with Crippen molar-refractivity contribution in [2.24, 2.45) is 5.92 Å². The molecular weight excluding hydrogens is 318 g/mol. The van der Waals surface area contributed by atoms with Gasteiger partial charge in [-0.1, -0.05) is 6.07 Å². The Bertz CT molecular complexity index is 743. The number of nitrogens with zero attached hydrogens (tertiary/aromatic N) is 2. The maximum absolute atomic E-state index is 12.5. The van der Waals surface area contributed by atoms with Crippen LogP contribution < -0.4 is 14.8 Å². The van der Waals surface area contributed by atoms with Gasteiger partial charge in [0.15, 0.2) is 11.5 Å². The van der Waals surface area contributed by atoms with Gasteiger partial charge in [0.1, 0.15) is 0 Å². The van der Waals surface area contributed by atoms with Crippen molar-refractivity contribution in [1.82, 2.24) is 9.88 Å². The van der Waals surface area contributed by atoms with Gasteiger partial charge in [0, 0.05) is 36.7 Å². The first-order valence-electron chi connectivity index (χ1n) is 8.63. The fourth-order valence-corrected chi connectivity index (χ4v) is 3.33. The van der Waals surface area contributed by atoms with Crippen LogP contribution >= 0.6 is 0 Å². The minimum atomic E-state index is -0.0600. The number of piperidine rings is 1. The molecule has 0 radical (unpaired) electrons. The first-order valence-corrected chi connectivity index (χ1v) is 8.63. The molecular formula is C19H21N3O3. The predicted octanol–water partition coefficient (Wildman–Crippen LogP) is 3.30. The summed E-state index contributed by atoms with van der Waals surface area (Å²) in [5.41, 5.74) is 1.86. The van der Waals surface area contributed by atoms with Gasteiger partial charge in [0.2, 0.25) is 6.79 Å².